The molecule has 5 rings (SSSR count). The van der Waals surface area contributed by atoms with E-state index in [2.05, 4.69) is 5.10 Å². The van der Waals surface area contributed by atoms with E-state index < -0.39 is 27.2 Å². The lowest BCUT2D eigenvalue weighted by Gasteiger charge is -2.35. The summed E-state index contributed by atoms with van der Waals surface area (Å²) in [5.41, 5.74) is -0.339. The molecule has 0 spiro atoms. The van der Waals surface area contributed by atoms with Crippen molar-refractivity contribution < 1.29 is 27.0 Å². The Hall–Kier alpha value is -3.16. The Labute approximate surface area is 229 Å². The summed E-state index contributed by atoms with van der Waals surface area (Å²) in [6, 6.07) is 9.07. The molecule has 2 aliphatic rings. The number of piperazine rings is 1. The highest BCUT2D eigenvalue weighted by atomic mass is 32.3. The molecule has 1 saturated heterocycles. The predicted octanol–water partition coefficient (Wildman–Crippen LogP) is 3.60. The number of anilines is 1. The third-order valence-corrected chi connectivity index (χ3v) is 10.3. The number of rotatable bonds is 9. The lowest BCUT2D eigenvalue weighted by molar-refractivity contribution is 0.242. The number of thioether (sulfide) groups is 1. The standard InChI is InChI=1S/C26H28F2N4O5S2/c1-26(6-7-26)16-37-24-23(15-29-32(25(24)34)20-13-18(27)12-19(28)14-20)30-8-10-31(11-9-30)39(35,36)17-38-22-4-2-21(33)3-5-22/h2-5,12-15,33H,6-11,16-17H2,1H3. The van der Waals surface area contributed by atoms with Crippen LogP contribution in [0, 0.1) is 17.0 Å². The normalized spacial score (nSPS) is 17.3. The Kier molecular flexibility index (Phi) is 7.57. The van der Waals surface area contributed by atoms with E-state index in [1.165, 1.54) is 34.4 Å². The van der Waals surface area contributed by atoms with Crippen LogP contribution in [0.2, 0.25) is 0 Å². The van der Waals surface area contributed by atoms with E-state index in [1.54, 1.807) is 12.1 Å². The molecule has 1 saturated carbocycles. The molecular formula is C26H28F2N4O5S2. The molecule has 2 heterocycles. The van der Waals surface area contributed by atoms with Gasteiger partial charge in [0.05, 0.1) is 18.5 Å². The smallest absolute Gasteiger partial charge is 0.316 e. The molecule has 208 valence electrons. The Bertz CT molecular complexity index is 1500. The monoisotopic (exact) mass is 578 g/mol. The zero-order valence-electron chi connectivity index (χ0n) is 21.2. The maximum atomic E-state index is 13.8. The first kappa shape index (κ1) is 27.4. The van der Waals surface area contributed by atoms with Crippen LogP contribution in [0.3, 0.4) is 0 Å². The number of ether oxygens (including phenoxy) is 1. The second-order valence-corrected chi connectivity index (χ2v) is 13.4. The van der Waals surface area contributed by atoms with Gasteiger partial charge in [-0.3, -0.25) is 4.79 Å². The van der Waals surface area contributed by atoms with Crippen molar-refractivity contribution in [3.05, 3.63) is 70.6 Å². The van der Waals surface area contributed by atoms with Gasteiger partial charge >= 0.3 is 5.56 Å². The highest BCUT2D eigenvalue weighted by molar-refractivity contribution is 8.11. The summed E-state index contributed by atoms with van der Waals surface area (Å²) < 4.78 is 61.9. The van der Waals surface area contributed by atoms with E-state index in [4.69, 9.17) is 4.74 Å². The third-order valence-electron chi connectivity index (χ3n) is 6.86. The van der Waals surface area contributed by atoms with Crippen LogP contribution in [0.15, 0.2) is 58.4 Å². The minimum Gasteiger partial charge on any atom is -0.508 e. The molecule has 1 aliphatic carbocycles. The maximum absolute atomic E-state index is 13.8. The maximum Gasteiger partial charge on any atom is 0.316 e. The van der Waals surface area contributed by atoms with Crippen LogP contribution in [0.25, 0.3) is 5.69 Å². The summed E-state index contributed by atoms with van der Waals surface area (Å²) >= 11 is 1.17. The zero-order chi connectivity index (χ0) is 27.8. The molecule has 0 amide bonds. The van der Waals surface area contributed by atoms with Gasteiger partial charge in [-0.2, -0.15) is 14.1 Å². The average Bonchev–Trinajstić information content (AvgIpc) is 3.64. The minimum absolute atomic E-state index is 0.0157. The van der Waals surface area contributed by atoms with Gasteiger partial charge in [0.15, 0.2) is 0 Å². The topological polar surface area (TPSA) is 105 Å². The van der Waals surface area contributed by atoms with Gasteiger partial charge < -0.3 is 14.7 Å². The predicted molar refractivity (Wildman–Crippen MR) is 144 cm³/mol. The molecule has 1 aromatic heterocycles. The molecule has 0 bridgehead atoms. The summed E-state index contributed by atoms with van der Waals surface area (Å²) in [5.74, 6) is -1.55. The van der Waals surface area contributed by atoms with Crippen molar-refractivity contribution in [2.24, 2.45) is 5.41 Å². The minimum atomic E-state index is -3.56. The lowest BCUT2D eigenvalue weighted by atomic mass is 10.2. The largest absolute Gasteiger partial charge is 0.508 e. The van der Waals surface area contributed by atoms with Gasteiger partial charge in [-0.05, 0) is 49.2 Å². The van der Waals surface area contributed by atoms with Crippen molar-refractivity contribution in [2.45, 2.75) is 24.7 Å². The lowest BCUT2D eigenvalue weighted by Crippen LogP contribution is -2.49. The van der Waals surface area contributed by atoms with E-state index in [-0.39, 0.29) is 40.8 Å². The van der Waals surface area contributed by atoms with E-state index in [9.17, 15) is 27.1 Å². The van der Waals surface area contributed by atoms with E-state index in [0.29, 0.717) is 31.5 Å². The highest BCUT2D eigenvalue weighted by Gasteiger charge is 2.39. The second-order valence-electron chi connectivity index (χ2n) is 10.1. The van der Waals surface area contributed by atoms with Crippen molar-refractivity contribution >= 4 is 27.5 Å². The first-order valence-corrected chi connectivity index (χ1v) is 15.0. The van der Waals surface area contributed by atoms with Gasteiger partial charge in [0.2, 0.25) is 15.8 Å². The summed E-state index contributed by atoms with van der Waals surface area (Å²) in [5, 5.41) is 13.4. The molecule has 39 heavy (non-hydrogen) atoms. The SMILES string of the molecule is CC1(COc2c(N3CCN(S(=O)(=O)CSc4ccc(O)cc4)CC3)cnn(-c3cc(F)cc(F)c3)c2=O)CC1. The second kappa shape index (κ2) is 10.8. The van der Waals surface area contributed by atoms with E-state index >= 15 is 0 Å². The first-order chi connectivity index (χ1) is 18.5. The number of hydrogen-bond donors (Lipinski definition) is 1. The average molecular weight is 579 g/mol. The van der Waals surface area contributed by atoms with Crippen LogP contribution in [0.4, 0.5) is 14.5 Å². The molecule has 9 nitrogen and oxygen atoms in total. The number of hydrogen-bond acceptors (Lipinski definition) is 8. The van der Waals surface area contributed by atoms with Gasteiger partial charge in [0.25, 0.3) is 0 Å². The Morgan fingerprint density at radius 1 is 1.05 bits per heavy atom. The zero-order valence-corrected chi connectivity index (χ0v) is 22.9. The quantitative estimate of drug-likeness (QED) is 0.384. The van der Waals surface area contributed by atoms with Crippen molar-refractivity contribution in [3.8, 4) is 17.2 Å². The molecule has 1 aliphatic heterocycles. The number of benzene rings is 2. The number of aromatic hydroxyl groups is 1. The van der Waals surface area contributed by atoms with Gasteiger partial charge in [-0.25, -0.2) is 17.2 Å². The van der Waals surface area contributed by atoms with Crippen molar-refractivity contribution in [1.82, 2.24) is 14.1 Å². The molecule has 0 atom stereocenters. The fourth-order valence-corrected chi connectivity index (χ4v) is 6.99. The number of nitrogens with zero attached hydrogens (tertiary/aromatic N) is 4. The molecule has 3 aromatic rings. The van der Waals surface area contributed by atoms with Crippen LogP contribution in [0.1, 0.15) is 19.8 Å². The Morgan fingerprint density at radius 2 is 1.69 bits per heavy atom. The molecule has 0 unspecified atom stereocenters. The molecule has 0 radical (unpaired) electrons. The number of halogens is 2. The van der Waals surface area contributed by atoms with Crippen molar-refractivity contribution in [2.75, 3.05) is 42.8 Å². The van der Waals surface area contributed by atoms with Crippen molar-refractivity contribution in [3.63, 3.8) is 0 Å². The fourth-order valence-electron chi connectivity index (χ4n) is 4.21. The fraction of sp³-hybridized carbons (Fsp3) is 0.385. The first-order valence-electron chi connectivity index (χ1n) is 12.4. The van der Waals surface area contributed by atoms with Crippen LogP contribution in [-0.2, 0) is 10.0 Å². The Balaban J connectivity index is 1.33. The molecular weight excluding hydrogens is 550 g/mol. The van der Waals surface area contributed by atoms with Crippen LogP contribution in [0.5, 0.6) is 11.5 Å². The van der Waals surface area contributed by atoms with Crippen molar-refractivity contribution in [1.29, 1.82) is 0 Å². The summed E-state index contributed by atoms with van der Waals surface area (Å²) in [4.78, 5) is 16.0. The number of phenolic OH excluding ortho intramolecular Hbond substituents is 1. The third kappa shape index (κ3) is 6.36. The summed E-state index contributed by atoms with van der Waals surface area (Å²) in [7, 11) is -3.56. The van der Waals surface area contributed by atoms with E-state index in [0.717, 1.165) is 34.6 Å². The van der Waals surface area contributed by atoms with Crippen LogP contribution in [-0.4, -0.2) is 65.5 Å². The molecule has 13 heteroatoms. The molecule has 2 fully saturated rings. The Morgan fingerprint density at radius 3 is 2.31 bits per heavy atom. The van der Waals surface area contributed by atoms with Gasteiger partial charge in [-0.1, -0.05) is 6.92 Å². The van der Waals surface area contributed by atoms with Gasteiger partial charge in [0.1, 0.15) is 28.2 Å². The van der Waals surface area contributed by atoms with Crippen LogP contribution < -0.4 is 15.2 Å². The van der Waals surface area contributed by atoms with E-state index in [1.807, 2.05) is 11.8 Å². The van der Waals surface area contributed by atoms with Gasteiger partial charge in [0, 0.05) is 42.6 Å². The number of sulfonamides is 1. The number of phenols is 1. The summed E-state index contributed by atoms with van der Waals surface area (Å²) in [6.07, 6.45) is 3.35. The molecule has 1 N–H and O–H groups in total. The summed E-state index contributed by atoms with van der Waals surface area (Å²) in [6.45, 7) is 3.36. The molecule has 2 aromatic carbocycles. The highest BCUT2D eigenvalue weighted by Crippen LogP contribution is 2.45. The van der Waals surface area contributed by atoms with Gasteiger partial charge in [-0.15, -0.1) is 11.8 Å². The van der Waals surface area contributed by atoms with Crippen LogP contribution >= 0.6 is 11.8 Å². The number of aromatic nitrogens is 2.